The summed E-state index contributed by atoms with van der Waals surface area (Å²) in [4.78, 5) is 22.7. The number of carbonyl (C=O) groups is 2. The van der Waals surface area contributed by atoms with Gasteiger partial charge in [0, 0.05) is 12.8 Å². The van der Waals surface area contributed by atoms with Crippen molar-refractivity contribution in [3.8, 4) is 0 Å². The highest BCUT2D eigenvalue weighted by molar-refractivity contribution is 5.94. The van der Waals surface area contributed by atoms with Gasteiger partial charge in [0.15, 0.2) is 5.78 Å². The molecule has 1 N–H and O–H groups in total. The number of Topliss-reactive ketones (excluding diaryl/α,β-unsaturated/α-hetero) is 1. The molecule has 0 radical (unpaired) electrons. The third-order valence-electron chi connectivity index (χ3n) is 4.42. The molecule has 0 saturated heterocycles. The summed E-state index contributed by atoms with van der Waals surface area (Å²) in [6.07, 6.45) is 9.12. The summed E-state index contributed by atoms with van der Waals surface area (Å²) in [5.74, 6) is 1.01. The highest BCUT2D eigenvalue weighted by Crippen LogP contribution is 2.19. The van der Waals surface area contributed by atoms with Crippen molar-refractivity contribution in [1.29, 1.82) is 0 Å². The topological polar surface area (TPSA) is 54.4 Å². The van der Waals surface area contributed by atoms with Crippen molar-refractivity contribution in [2.24, 2.45) is 17.8 Å². The zero-order valence-corrected chi connectivity index (χ0v) is 15.7. The lowest BCUT2D eigenvalue weighted by Crippen LogP contribution is -2.06. The van der Waals surface area contributed by atoms with E-state index in [2.05, 4.69) is 26.8 Å². The molecule has 23 heavy (non-hydrogen) atoms. The normalized spacial score (nSPS) is 14.8. The molecule has 0 unspecified atom stereocenters. The monoisotopic (exact) mass is 324 g/mol. The van der Waals surface area contributed by atoms with Crippen molar-refractivity contribution in [3.05, 3.63) is 11.6 Å². The number of aliphatic carboxylic acids is 1. The maximum atomic E-state index is 12.1. The number of carboxylic acids is 1. The summed E-state index contributed by atoms with van der Waals surface area (Å²) < 4.78 is 0. The van der Waals surface area contributed by atoms with Crippen molar-refractivity contribution in [3.63, 3.8) is 0 Å². The first-order valence-corrected chi connectivity index (χ1v) is 9.14. The van der Waals surface area contributed by atoms with Crippen LogP contribution in [0.4, 0.5) is 0 Å². The van der Waals surface area contributed by atoms with Crippen molar-refractivity contribution in [1.82, 2.24) is 0 Å². The summed E-state index contributed by atoms with van der Waals surface area (Å²) in [6, 6.07) is 0. The Balaban J connectivity index is 3.88. The van der Waals surface area contributed by atoms with Crippen LogP contribution < -0.4 is 0 Å². The van der Waals surface area contributed by atoms with Gasteiger partial charge in [0.2, 0.25) is 0 Å². The highest BCUT2D eigenvalue weighted by atomic mass is 16.4. The Kier molecular flexibility index (Phi) is 11.7. The molecule has 0 bridgehead atoms. The Labute approximate surface area is 142 Å². The van der Waals surface area contributed by atoms with E-state index in [9.17, 15) is 9.59 Å². The fraction of sp³-hybridized carbons (Fsp3) is 0.800. The summed E-state index contributed by atoms with van der Waals surface area (Å²) >= 11 is 0. The minimum atomic E-state index is -0.712. The molecule has 0 rings (SSSR count). The van der Waals surface area contributed by atoms with Gasteiger partial charge in [-0.25, -0.2) is 0 Å². The summed E-state index contributed by atoms with van der Waals surface area (Å²) in [7, 11) is 0. The smallest absolute Gasteiger partial charge is 0.303 e. The van der Waals surface area contributed by atoms with Crippen LogP contribution in [0.5, 0.6) is 0 Å². The lowest BCUT2D eigenvalue weighted by Gasteiger charge is -2.13. The Hall–Kier alpha value is -1.12. The molecule has 0 heterocycles. The second kappa shape index (κ2) is 12.3. The highest BCUT2D eigenvalue weighted by Gasteiger charge is 2.11. The molecule has 0 fully saturated rings. The molecule has 3 heteroatoms. The molecule has 0 amide bonds. The molecule has 0 aliphatic rings. The van der Waals surface area contributed by atoms with Gasteiger partial charge in [-0.15, -0.1) is 0 Å². The number of hydrogen-bond acceptors (Lipinski definition) is 2. The molecule has 0 aliphatic carbocycles. The third-order valence-corrected chi connectivity index (χ3v) is 4.42. The number of rotatable bonds is 13. The summed E-state index contributed by atoms with van der Waals surface area (Å²) in [6.45, 7) is 10.5. The molecular formula is C20H36O3. The predicted molar refractivity (Wildman–Crippen MR) is 96.5 cm³/mol. The van der Waals surface area contributed by atoms with Crippen molar-refractivity contribution < 1.29 is 14.7 Å². The van der Waals surface area contributed by atoms with Crippen LogP contribution in [0, 0.1) is 17.8 Å². The van der Waals surface area contributed by atoms with Crippen molar-refractivity contribution >= 4 is 11.8 Å². The second-order valence-electron chi connectivity index (χ2n) is 7.56. The van der Waals surface area contributed by atoms with Gasteiger partial charge < -0.3 is 5.11 Å². The first-order chi connectivity index (χ1) is 10.7. The number of ketones is 1. The van der Waals surface area contributed by atoms with Crippen molar-refractivity contribution in [2.75, 3.05) is 0 Å². The van der Waals surface area contributed by atoms with E-state index in [1.807, 2.05) is 13.8 Å². The van der Waals surface area contributed by atoms with Gasteiger partial charge in [-0.2, -0.15) is 0 Å². The molecule has 0 aliphatic heterocycles. The van der Waals surface area contributed by atoms with E-state index in [0.29, 0.717) is 18.3 Å². The van der Waals surface area contributed by atoms with E-state index in [0.717, 1.165) is 44.1 Å². The van der Waals surface area contributed by atoms with Gasteiger partial charge in [0.25, 0.3) is 0 Å². The van der Waals surface area contributed by atoms with Gasteiger partial charge in [0.05, 0.1) is 0 Å². The number of hydrogen-bond donors (Lipinski definition) is 1. The standard InChI is InChI=1S/C20H36O3/c1-15(2)8-6-11-18(5)19(21)13-12-16(3)9-7-10-17(4)14-20(22)23/h11,15-17H,6-10,12-14H2,1-5H3,(H,22,23)/b18-11+/t16-,17+/m0/s1. The zero-order valence-electron chi connectivity index (χ0n) is 15.7. The molecule has 134 valence electrons. The minimum Gasteiger partial charge on any atom is -0.481 e. The lowest BCUT2D eigenvalue weighted by molar-refractivity contribution is -0.138. The minimum absolute atomic E-state index is 0.243. The number of carbonyl (C=O) groups excluding carboxylic acids is 1. The molecule has 0 aromatic carbocycles. The zero-order chi connectivity index (χ0) is 17.8. The fourth-order valence-corrected chi connectivity index (χ4v) is 2.68. The van der Waals surface area contributed by atoms with Gasteiger partial charge in [-0.1, -0.05) is 53.0 Å². The average Bonchev–Trinajstić information content (AvgIpc) is 2.43. The Morgan fingerprint density at radius 2 is 1.57 bits per heavy atom. The van der Waals surface area contributed by atoms with E-state index in [1.165, 1.54) is 0 Å². The van der Waals surface area contributed by atoms with E-state index >= 15 is 0 Å². The largest absolute Gasteiger partial charge is 0.481 e. The maximum absolute atomic E-state index is 12.1. The molecule has 2 atom stereocenters. The Morgan fingerprint density at radius 3 is 2.13 bits per heavy atom. The van der Waals surface area contributed by atoms with Crippen LogP contribution in [0.25, 0.3) is 0 Å². The lowest BCUT2D eigenvalue weighted by atomic mass is 9.92. The van der Waals surface area contributed by atoms with Crippen LogP contribution in [0.1, 0.15) is 86.0 Å². The summed E-state index contributed by atoms with van der Waals surface area (Å²) in [5.41, 5.74) is 0.910. The van der Waals surface area contributed by atoms with Crippen LogP contribution in [0.15, 0.2) is 11.6 Å². The Morgan fingerprint density at radius 1 is 0.957 bits per heavy atom. The molecule has 3 nitrogen and oxygen atoms in total. The first-order valence-electron chi connectivity index (χ1n) is 9.14. The van der Waals surface area contributed by atoms with Crippen LogP contribution >= 0.6 is 0 Å². The van der Waals surface area contributed by atoms with Crippen LogP contribution in [-0.2, 0) is 9.59 Å². The molecule has 0 spiro atoms. The van der Waals surface area contributed by atoms with Crippen LogP contribution in [0.2, 0.25) is 0 Å². The van der Waals surface area contributed by atoms with Gasteiger partial charge >= 0.3 is 5.97 Å². The number of allylic oxidation sites excluding steroid dienone is 2. The molecule has 0 aromatic rings. The van der Waals surface area contributed by atoms with E-state index in [1.54, 1.807) is 0 Å². The maximum Gasteiger partial charge on any atom is 0.303 e. The van der Waals surface area contributed by atoms with Crippen LogP contribution in [0.3, 0.4) is 0 Å². The second-order valence-corrected chi connectivity index (χ2v) is 7.56. The molecule has 0 aromatic heterocycles. The van der Waals surface area contributed by atoms with E-state index < -0.39 is 5.97 Å². The van der Waals surface area contributed by atoms with E-state index in [4.69, 9.17) is 5.11 Å². The quantitative estimate of drug-likeness (QED) is 0.446. The SMILES string of the molecule is C/C(=C\CCC(C)C)C(=O)CC[C@@H](C)CCC[C@@H](C)CC(=O)O. The third kappa shape index (κ3) is 13.1. The fourth-order valence-electron chi connectivity index (χ4n) is 2.68. The number of carboxylic acid groups (broad SMARTS) is 1. The average molecular weight is 325 g/mol. The van der Waals surface area contributed by atoms with Crippen LogP contribution in [-0.4, -0.2) is 16.9 Å². The van der Waals surface area contributed by atoms with Gasteiger partial charge in [-0.3, -0.25) is 9.59 Å². The van der Waals surface area contributed by atoms with Crippen molar-refractivity contribution in [2.45, 2.75) is 86.0 Å². The van der Waals surface area contributed by atoms with Gasteiger partial charge in [-0.05, 0) is 49.5 Å². The predicted octanol–water partition coefficient (Wildman–Crippen LogP) is 5.64. The van der Waals surface area contributed by atoms with E-state index in [-0.39, 0.29) is 18.1 Å². The first kappa shape index (κ1) is 21.9. The molecule has 0 saturated carbocycles. The van der Waals surface area contributed by atoms with Gasteiger partial charge in [0.1, 0.15) is 0 Å². The summed E-state index contributed by atoms with van der Waals surface area (Å²) in [5, 5.41) is 8.74. The molecular weight excluding hydrogens is 288 g/mol. The Bertz CT molecular complexity index is 382.